The topological polar surface area (TPSA) is 132 Å². The largest absolute Gasteiger partial charge is 0.508 e. The summed E-state index contributed by atoms with van der Waals surface area (Å²) in [6.45, 7) is 2.69. The highest BCUT2D eigenvalue weighted by atomic mass is 32.2. The number of nitrogens with zero attached hydrogens (tertiary/aromatic N) is 4. The second-order valence-electron chi connectivity index (χ2n) is 15.6. The molecule has 10 nitrogen and oxygen atoms in total. The highest BCUT2D eigenvalue weighted by Gasteiger charge is 2.42. The number of aliphatic hydroxyl groups is 1. The standard InChI is InChI=1S/C48H61N5O5S/c1-2-3-4-5-6-7-8-9-10-11-12-13-17-20-44(56)49-33-36-21-27-40(28-22-36)47-57-43(35-59-48-50-51-52-53(48)41-29-31-42(55)32-30-41)45(38-18-15-14-16-19-38)46(58-47)39-25-23-37(34-54)24-26-39/h14-16,18-19,21-32,43,45-47,54-55H,2-13,17,20,33-35H2,1H3,(H,49,56). The van der Waals surface area contributed by atoms with Crippen LogP contribution in [-0.2, 0) is 27.4 Å². The van der Waals surface area contributed by atoms with Gasteiger partial charge in [-0.3, -0.25) is 4.79 Å². The molecular weight excluding hydrogens is 759 g/mol. The van der Waals surface area contributed by atoms with Crippen molar-refractivity contribution in [2.24, 2.45) is 0 Å². The van der Waals surface area contributed by atoms with E-state index in [4.69, 9.17) is 9.47 Å². The van der Waals surface area contributed by atoms with Crippen molar-refractivity contribution in [2.75, 3.05) is 5.75 Å². The number of hydrogen-bond acceptors (Lipinski definition) is 9. The van der Waals surface area contributed by atoms with Crippen molar-refractivity contribution in [2.45, 2.75) is 140 Å². The van der Waals surface area contributed by atoms with Gasteiger partial charge in [0.05, 0.1) is 24.5 Å². The van der Waals surface area contributed by atoms with Gasteiger partial charge in [0.25, 0.3) is 0 Å². The van der Waals surface area contributed by atoms with Crippen molar-refractivity contribution in [1.29, 1.82) is 0 Å². The Kier molecular flexibility index (Phi) is 17.8. The highest BCUT2D eigenvalue weighted by molar-refractivity contribution is 7.99. The summed E-state index contributed by atoms with van der Waals surface area (Å²) in [5, 5.41) is 35.8. The predicted octanol–water partition coefficient (Wildman–Crippen LogP) is 10.7. The van der Waals surface area contributed by atoms with Crippen LogP contribution in [0.15, 0.2) is 108 Å². The molecule has 2 heterocycles. The molecule has 1 fully saturated rings. The fourth-order valence-corrected chi connectivity index (χ4v) is 8.68. The maximum absolute atomic E-state index is 12.7. The van der Waals surface area contributed by atoms with Crippen molar-refractivity contribution in [3.63, 3.8) is 0 Å². The summed E-state index contributed by atoms with van der Waals surface area (Å²) in [4.78, 5) is 12.7. The number of rotatable bonds is 24. The summed E-state index contributed by atoms with van der Waals surface area (Å²) < 4.78 is 15.4. The van der Waals surface area contributed by atoms with Crippen LogP contribution in [0.3, 0.4) is 0 Å². The molecule has 0 aliphatic carbocycles. The third-order valence-corrected chi connectivity index (χ3v) is 12.1. The molecule has 0 saturated carbocycles. The molecule has 59 heavy (non-hydrogen) atoms. The zero-order valence-corrected chi connectivity index (χ0v) is 35.3. The number of amides is 1. The molecule has 1 saturated heterocycles. The first kappa shape index (κ1) is 44.0. The average Bonchev–Trinajstić information content (AvgIpc) is 3.75. The van der Waals surface area contributed by atoms with Crippen LogP contribution in [-0.4, -0.2) is 48.2 Å². The lowest BCUT2D eigenvalue weighted by atomic mass is 9.84. The lowest BCUT2D eigenvalue weighted by molar-refractivity contribution is -0.255. The van der Waals surface area contributed by atoms with E-state index < -0.39 is 6.29 Å². The van der Waals surface area contributed by atoms with Crippen LogP contribution in [0.1, 0.15) is 143 Å². The van der Waals surface area contributed by atoms with Crippen LogP contribution in [0.25, 0.3) is 5.69 Å². The van der Waals surface area contributed by atoms with E-state index >= 15 is 0 Å². The van der Waals surface area contributed by atoms with Crippen LogP contribution >= 0.6 is 11.8 Å². The number of carbonyl (C=O) groups is 1. The summed E-state index contributed by atoms with van der Waals surface area (Å²) in [7, 11) is 0. The normalized spacial score (nSPS) is 17.9. The first-order chi connectivity index (χ1) is 29.0. The Labute approximate surface area is 354 Å². The fourth-order valence-electron chi connectivity index (χ4n) is 7.72. The highest BCUT2D eigenvalue weighted by Crippen LogP contribution is 2.48. The number of aliphatic hydroxyl groups excluding tert-OH is 1. The first-order valence-electron chi connectivity index (χ1n) is 21.6. The van der Waals surface area contributed by atoms with E-state index in [-0.39, 0.29) is 36.4 Å². The van der Waals surface area contributed by atoms with Gasteiger partial charge in [-0.2, -0.15) is 4.68 Å². The molecule has 1 amide bonds. The van der Waals surface area contributed by atoms with Gasteiger partial charge in [0.2, 0.25) is 11.1 Å². The predicted molar refractivity (Wildman–Crippen MR) is 233 cm³/mol. The Bertz CT molecular complexity index is 1940. The zero-order valence-electron chi connectivity index (χ0n) is 34.5. The third kappa shape index (κ3) is 13.5. The molecular formula is C48H61N5O5S. The van der Waals surface area contributed by atoms with Crippen LogP contribution in [0.2, 0.25) is 0 Å². The second kappa shape index (κ2) is 23.9. The summed E-state index contributed by atoms with van der Waals surface area (Å²) in [5.41, 5.74) is 5.51. The van der Waals surface area contributed by atoms with E-state index in [1.165, 1.54) is 82.4 Å². The Balaban J connectivity index is 1.06. The molecule has 1 aromatic heterocycles. The monoisotopic (exact) mass is 819 g/mol. The fraction of sp³-hybridized carbons (Fsp3) is 0.458. The summed E-state index contributed by atoms with van der Waals surface area (Å²) in [6, 6.07) is 33.0. The van der Waals surface area contributed by atoms with E-state index in [1.54, 1.807) is 28.9 Å². The number of nitrogens with one attached hydrogen (secondary N) is 1. The van der Waals surface area contributed by atoms with E-state index in [0.717, 1.165) is 46.3 Å². The molecule has 4 aromatic carbocycles. The number of tetrazole rings is 1. The summed E-state index contributed by atoms with van der Waals surface area (Å²) in [5.74, 6) is 0.601. The maximum atomic E-state index is 12.7. The molecule has 6 rings (SSSR count). The molecule has 0 bridgehead atoms. The van der Waals surface area contributed by atoms with E-state index in [1.807, 2.05) is 66.7 Å². The SMILES string of the molecule is CCCCCCCCCCCCCCCC(=O)NCc1ccc(C2OC(CSc3nnnn3-c3ccc(O)cc3)C(c3ccccc3)C(c3ccc(CO)cc3)O2)cc1. The van der Waals surface area contributed by atoms with Gasteiger partial charge in [0.15, 0.2) is 6.29 Å². The molecule has 4 unspecified atom stereocenters. The van der Waals surface area contributed by atoms with Crippen molar-refractivity contribution < 1.29 is 24.5 Å². The first-order valence-corrected chi connectivity index (χ1v) is 22.6. The smallest absolute Gasteiger partial charge is 0.220 e. The van der Waals surface area contributed by atoms with Crippen molar-refractivity contribution in [3.05, 3.63) is 131 Å². The minimum Gasteiger partial charge on any atom is -0.508 e. The van der Waals surface area contributed by atoms with Gasteiger partial charge in [-0.25, -0.2) is 0 Å². The van der Waals surface area contributed by atoms with Crippen LogP contribution in [0.5, 0.6) is 5.75 Å². The molecule has 3 N–H and O–H groups in total. The van der Waals surface area contributed by atoms with Crippen LogP contribution < -0.4 is 5.32 Å². The van der Waals surface area contributed by atoms with Crippen molar-refractivity contribution in [1.82, 2.24) is 25.5 Å². The number of benzene rings is 4. The van der Waals surface area contributed by atoms with Crippen LogP contribution in [0.4, 0.5) is 0 Å². The third-order valence-electron chi connectivity index (χ3n) is 11.1. The maximum Gasteiger partial charge on any atom is 0.220 e. The average molecular weight is 820 g/mol. The Hall–Kier alpha value is -4.55. The molecule has 5 aromatic rings. The number of unbranched alkanes of at least 4 members (excludes halogenated alkanes) is 12. The summed E-state index contributed by atoms with van der Waals surface area (Å²) >= 11 is 1.50. The van der Waals surface area contributed by atoms with E-state index in [9.17, 15) is 15.0 Å². The Morgan fingerprint density at radius 2 is 1.32 bits per heavy atom. The number of thioether (sulfide) groups is 1. The molecule has 0 radical (unpaired) electrons. The molecule has 1 aliphatic rings. The van der Waals surface area contributed by atoms with Crippen LogP contribution in [0, 0.1) is 0 Å². The molecule has 1 aliphatic heterocycles. The van der Waals surface area contributed by atoms with E-state index in [2.05, 4.69) is 39.9 Å². The number of phenols is 1. The van der Waals surface area contributed by atoms with Gasteiger partial charge in [0.1, 0.15) is 5.75 Å². The number of carbonyl (C=O) groups excluding carboxylic acids is 1. The van der Waals surface area contributed by atoms with E-state index in [0.29, 0.717) is 23.9 Å². The van der Waals surface area contributed by atoms with Gasteiger partial charge in [-0.15, -0.1) is 5.10 Å². The van der Waals surface area contributed by atoms with Gasteiger partial charge in [0, 0.05) is 30.2 Å². The molecule has 0 spiro atoms. The molecule has 314 valence electrons. The Morgan fingerprint density at radius 1 is 0.712 bits per heavy atom. The number of hydrogen-bond donors (Lipinski definition) is 3. The Morgan fingerprint density at radius 3 is 1.97 bits per heavy atom. The van der Waals surface area contributed by atoms with Crippen molar-refractivity contribution in [3.8, 4) is 11.4 Å². The molecule has 4 atom stereocenters. The number of ether oxygens (including phenoxy) is 2. The lowest BCUT2D eigenvalue weighted by Crippen LogP contribution is -2.38. The summed E-state index contributed by atoms with van der Waals surface area (Å²) in [6.07, 6.45) is 15.9. The number of aromatic hydroxyl groups is 1. The lowest BCUT2D eigenvalue weighted by Gasteiger charge is -2.43. The zero-order chi connectivity index (χ0) is 41.1. The van der Waals surface area contributed by atoms with Gasteiger partial charge >= 0.3 is 0 Å². The second-order valence-corrected chi connectivity index (χ2v) is 16.6. The number of phenolic OH excluding ortho intramolecular Hbond substituents is 1. The van der Waals surface area contributed by atoms with Crippen molar-refractivity contribution >= 4 is 17.7 Å². The molecule has 11 heteroatoms. The van der Waals surface area contributed by atoms with Gasteiger partial charge in [-0.1, -0.05) is 175 Å². The van der Waals surface area contributed by atoms with Gasteiger partial charge < -0.3 is 25.0 Å². The quantitative estimate of drug-likeness (QED) is 0.0411. The minimum atomic E-state index is -0.671. The van der Waals surface area contributed by atoms with Gasteiger partial charge in [-0.05, 0) is 63.4 Å². The number of aromatic nitrogens is 4. The minimum absolute atomic E-state index is 0.0408.